The van der Waals surface area contributed by atoms with Gasteiger partial charge < -0.3 is 15.0 Å². The van der Waals surface area contributed by atoms with Crippen LogP contribution in [-0.4, -0.2) is 36.5 Å². The number of rotatable bonds is 6. The molecule has 0 bridgehead atoms. The van der Waals surface area contributed by atoms with Crippen LogP contribution in [-0.2, 0) is 13.1 Å². The third-order valence-electron chi connectivity index (χ3n) is 3.35. The summed E-state index contributed by atoms with van der Waals surface area (Å²) in [5.74, 6) is 1.75. The van der Waals surface area contributed by atoms with Crippen LogP contribution in [0, 0.1) is 6.92 Å². The number of aromatic nitrogens is 1. The summed E-state index contributed by atoms with van der Waals surface area (Å²) in [7, 11) is 3.80. The Morgan fingerprint density at radius 2 is 2.12 bits per heavy atom. The largest absolute Gasteiger partial charge is 0.494 e. The minimum absolute atomic E-state index is 0. The van der Waals surface area contributed by atoms with E-state index in [0.717, 1.165) is 34.5 Å². The van der Waals surface area contributed by atoms with E-state index >= 15 is 0 Å². The zero-order valence-corrected chi connectivity index (χ0v) is 17.7. The minimum Gasteiger partial charge on any atom is -0.494 e. The number of nitrogens with zero attached hydrogens (tertiary/aromatic N) is 3. The number of aryl methyl sites for hydroxylation is 1. The monoisotopic (exact) mass is 460 g/mol. The van der Waals surface area contributed by atoms with Crippen LogP contribution in [0.25, 0.3) is 0 Å². The molecule has 2 rings (SSSR count). The first-order valence-corrected chi connectivity index (χ1v) is 8.55. The van der Waals surface area contributed by atoms with Crippen LogP contribution in [0.3, 0.4) is 0 Å². The molecule has 1 N–H and O–H groups in total. The highest BCUT2D eigenvalue weighted by atomic mass is 127. The number of guanidine groups is 1. The van der Waals surface area contributed by atoms with Gasteiger partial charge in [-0.25, -0.2) is 4.98 Å². The molecule has 0 radical (unpaired) electrons. The van der Waals surface area contributed by atoms with Crippen LogP contribution in [0.4, 0.5) is 0 Å². The van der Waals surface area contributed by atoms with E-state index in [-0.39, 0.29) is 24.0 Å². The molecule has 0 spiro atoms. The number of halogens is 1. The van der Waals surface area contributed by atoms with Gasteiger partial charge in [0.2, 0.25) is 0 Å². The van der Waals surface area contributed by atoms with Gasteiger partial charge in [-0.1, -0.05) is 18.2 Å². The van der Waals surface area contributed by atoms with Gasteiger partial charge in [0.15, 0.2) is 5.96 Å². The summed E-state index contributed by atoms with van der Waals surface area (Å²) >= 11 is 1.67. The molecule has 132 valence electrons. The van der Waals surface area contributed by atoms with Gasteiger partial charge in [-0.2, -0.15) is 0 Å². The molecule has 5 nitrogen and oxygen atoms in total. The van der Waals surface area contributed by atoms with E-state index in [2.05, 4.69) is 31.6 Å². The Morgan fingerprint density at radius 1 is 1.38 bits per heavy atom. The van der Waals surface area contributed by atoms with E-state index in [0.29, 0.717) is 13.2 Å². The maximum absolute atomic E-state index is 5.66. The summed E-state index contributed by atoms with van der Waals surface area (Å²) < 4.78 is 5.66. The second kappa shape index (κ2) is 10.5. The van der Waals surface area contributed by atoms with Gasteiger partial charge in [-0.05, 0) is 19.9 Å². The molecule has 1 heterocycles. The molecule has 0 unspecified atom stereocenters. The maximum Gasteiger partial charge on any atom is 0.194 e. The highest BCUT2D eigenvalue weighted by Gasteiger charge is 2.10. The fraction of sp³-hybridized carbons (Fsp3) is 0.412. The highest BCUT2D eigenvalue weighted by molar-refractivity contribution is 14.0. The van der Waals surface area contributed by atoms with E-state index in [9.17, 15) is 0 Å². The van der Waals surface area contributed by atoms with Gasteiger partial charge in [-0.15, -0.1) is 35.3 Å². The summed E-state index contributed by atoms with van der Waals surface area (Å²) in [6, 6.07) is 8.06. The molecule has 2 aromatic rings. The zero-order valence-electron chi connectivity index (χ0n) is 14.6. The van der Waals surface area contributed by atoms with Crippen LogP contribution < -0.4 is 10.1 Å². The predicted octanol–water partition coefficient (Wildman–Crippen LogP) is 3.68. The molecule has 0 saturated carbocycles. The van der Waals surface area contributed by atoms with Crippen molar-refractivity contribution >= 4 is 41.3 Å². The zero-order chi connectivity index (χ0) is 16.7. The lowest BCUT2D eigenvalue weighted by Gasteiger charge is -2.21. The lowest BCUT2D eigenvalue weighted by molar-refractivity contribution is 0.336. The number of nitrogens with one attached hydrogen (secondary N) is 1. The standard InChI is InChI=1S/C17H24N4OS.HI/c1-5-22-16-9-7-6-8-14(16)10-19-17(18-3)21(4)11-15-12-23-13(2)20-15;/h6-9,12H,5,10-11H2,1-4H3,(H,18,19);1H. The molecule has 7 heteroatoms. The van der Waals surface area contributed by atoms with E-state index < -0.39 is 0 Å². The van der Waals surface area contributed by atoms with Crippen molar-refractivity contribution in [3.05, 3.63) is 45.9 Å². The number of hydrogen-bond acceptors (Lipinski definition) is 4. The average Bonchev–Trinajstić information content (AvgIpc) is 2.94. The molecular weight excluding hydrogens is 435 g/mol. The van der Waals surface area contributed by atoms with E-state index in [1.54, 1.807) is 18.4 Å². The Kier molecular flexibility index (Phi) is 9.05. The molecular formula is C17H25IN4OS. The fourth-order valence-electron chi connectivity index (χ4n) is 2.30. The molecule has 0 aliphatic rings. The van der Waals surface area contributed by atoms with Crippen molar-refractivity contribution in [2.24, 2.45) is 4.99 Å². The third kappa shape index (κ3) is 5.94. The average molecular weight is 460 g/mol. The second-order valence-corrected chi connectivity index (χ2v) is 6.22. The Balaban J connectivity index is 0.00000288. The first-order valence-electron chi connectivity index (χ1n) is 7.67. The van der Waals surface area contributed by atoms with Crippen LogP contribution in [0.2, 0.25) is 0 Å². The first-order chi connectivity index (χ1) is 11.1. The maximum atomic E-state index is 5.66. The molecule has 0 aliphatic heterocycles. The minimum atomic E-state index is 0. The highest BCUT2D eigenvalue weighted by Crippen LogP contribution is 2.17. The Labute approximate surface area is 165 Å². The van der Waals surface area contributed by atoms with E-state index in [4.69, 9.17) is 4.74 Å². The first kappa shape index (κ1) is 20.7. The van der Waals surface area contributed by atoms with Gasteiger partial charge in [0, 0.05) is 31.6 Å². The van der Waals surface area contributed by atoms with Crippen molar-refractivity contribution in [1.82, 2.24) is 15.2 Å². The van der Waals surface area contributed by atoms with Crippen molar-refractivity contribution in [1.29, 1.82) is 0 Å². The SMILES string of the molecule is CCOc1ccccc1CNC(=NC)N(C)Cc1csc(C)n1.I. The molecule has 0 amide bonds. The van der Waals surface area contributed by atoms with Crippen molar-refractivity contribution in [3.63, 3.8) is 0 Å². The van der Waals surface area contributed by atoms with Crippen molar-refractivity contribution in [2.75, 3.05) is 20.7 Å². The lowest BCUT2D eigenvalue weighted by atomic mass is 10.2. The van der Waals surface area contributed by atoms with Crippen molar-refractivity contribution in [2.45, 2.75) is 26.9 Å². The number of thiazole rings is 1. The Bertz CT molecular complexity index is 660. The van der Waals surface area contributed by atoms with Crippen molar-refractivity contribution < 1.29 is 4.74 Å². The number of para-hydroxylation sites is 1. The molecule has 0 atom stereocenters. The summed E-state index contributed by atoms with van der Waals surface area (Å²) in [5.41, 5.74) is 2.18. The third-order valence-corrected chi connectivity index (χ3v) is 4.17. The molecule has 1 aromatic carbocycles. The number of benzene rings is 1. The smallest absolute Gasteiger partial charge is 0.194 e. The number of ether oxygens (including phenoxy) is 1. The molecule has 0 saturated heterocycles. The summed E-state index contributed by atoms with van der Waals surface area (Å²) in [5, 5.41) is 6.55. The van der Waals surface area contributed by atoms with Gasteiger partial charge >= 0.3 is 0 Å². The van der Waals surface area contributed by atoms with Gasteiger partial charge in [0.05, 0.1) is 23.9 Å². The molecule has 0 aliphatic carbocycles. The van der Waals surface area contributed by atoms with Crippen LogP contribution in [0.5, 0.6) is 5.75 Å². The summed E-state index contributed by atoms with van der Waals surface area (Å²) in [6.07, 6.45) is 0. The summed E-state index contributed by atoms with van der Waals surface area (Å²) in [6.45, 7) is 6.08. The van der Waals surface area contributed by atoms with Crippen LogP contribution in [0.1, 0.15) is 23.2 Å². The van der Waals surface area contributed by atoms with Gasteiger partial charge in [0.25, 0.3) is 0 Å². The lowest BCUT2D eigenvalue weighted by Crippen LogP contribution is -2.38. The van der Waals surface area contributed by atoms with E-state index in [1.165, 1.54) is 0 Å². The topological polar surface area (TPSA) is 49.8 Å². The Hall–Kier alpha value is -1.35. The predicted molar refractivity (Wildman–Crippen MR) is 112 cm³/mol. The quantitative estimate of drug-likeness (QED) is 0.406. The van der Waals surface area contributed by atoms with Gasteiger partial charge in [-0.3, -0.25) is 4.99 Å². The number of aliphatic imine (C=N–C) groups is 1. The number of hydrogen-bond donors (Lipinski definition) is 1. The molecule has 1 aromatic heterocycles. The normalized spacial score (nSPS) is 10.9. The second-order valence-electron chi connectivity index (χ2n) is 5.16. The Morgan fingerprint density at radius 3 is 2.75 bits per heavy atom. The van der Waals surface area contributed by atoms with Crippen molar-refractivity contribution in [3.8, 4) is 5.75 Å². The molecule has 0 fully saturated rings. The van der Waals surface area contributed by atoms with E-state index in [1.807, 2.05) is 39.1 Å². The van der Waals surface area contributed by atoms with Crippen LogP contribution >= 0.6 is 35.3 Å². The fourth-order valence-corrected chi connectivity index (χ4v) is 2.91. The van der Waals surface area contributed by atoms with Gasteiger partial charge in [0.1, 0.15) is 5.75 Å². The van der Waals surface area contributed by atoms with Crippen LogP contribution in [0.15, 0.2) is 34.6 Å². The molecule has 24 heavy (non-hydrogen) atoms. The summed E-state index contributed by atoms with van der Waals surface area (Å²) in [4.78, 5) is 10.9.